The molecule has 0 radical (unpaired) electrons. The first kappa shape index (κ1) is 12.8. The molecule has 5 heteroatoms. The maximum atomic E-state index is 4.44. The third-order valence-electron chi connectivity index (χ3n) is 2.92. The second-order valence-corrected chi connectivity index (χ2v) is 4.90. The number of nitrogens with one attached hydrogen (secondary N) is 1. The number of anilines is 1. The molecule has 1 N–H and O–H groups in total. The van der Waals surface area contributed by atoms with E-state index in [1.54, 1.807) is 6.20 Å². The molecule has 0 saturated heterocycles. The molecule has 0 unspecified atom stereocenters. The average Bonchev–Trinajstić information content (AvgIpc) is 2.75. The van der Waals surface area contributed by atoms with Crippen LogP contribution < -0.4 is 5.32 Å². The van der Waals surface area contributed by atoms with Gasteiger partial charge in [0.2, 0.25) is 0 Å². The van der Waals surface area contributed by atoms with Gasteiger partial charge in [-0.2, -0.15) is 9.61 Å². The van der Waals surface area contributed by atoms with Gasteiger partial charge in [0.25, 0.3) is 0 Å². The summed E-state index contributed by atoms with van der Waals surface area (Å²) in [5.74, 6) is 1.01. The Morgan fingerprint density at radius 2 is 2.22 bits per heavy atom. The third-order valence-corrected chi connectivity index (χ3v) is 2.92. The van der Waals surface area contributed by atoms with Crippen LogP contribution in [0.15, 0.2) is 18.3 Å². The van der Waals surface area contributed by atoms with Crippen LogP contribution in [0.3, 0.4) is 0 Å². The zero-order chi connectivity index (χ0) is 13.1. The molecule has 0 spiro atoms. The Morgan fingerprint density at radius 1 is 1.44 bits per heavy atom. The molecule has 18 heavy (non-hydrogen) atoms. The lowest BCUT2D eigenvalue weighted by atomic mass is 10.2. The summed E-state index contributed by atoms with van der Waals surface area (Å²) in [7, 11) is 4.18. The predicted molar refractivity (Wildman–Crippen MR) is 74.0 cm³/mol. The van der Waals surface area contributed by atoms with Gasteiger partial charge in [0.1, 0.15) is 5.82 Å². The number of fused-ring (bicyclic) bond motifs is 1. The summed E-state index contributed by atoms with van der Waals surface area (Å²) in [6, 6.07) is 4.37. The number of aromatic nitrogens is 3. The van der Waals surface area contributed by atoms with E-state index in [0.717, 1.165) is 30.1 Å². The molecule has 0 aliphatic carbocycles. The number of rotatable bonds is 5. The Balaban J connectivity index is 2.26. The Morgan fingerprint density at radius 3 is 2.89 bits per heavy atom. The largest absolute Gasteiger partial charge is 0.366 e. The van der Waals surface area contributed by atoms with Crippen molar-refractivity contribution in [1.29, 1.82) is 0 Å². The predicted octanol–water partition coefficient (Wildman–Crippen LogP) is 1.79. The van der Waals surface area contributed by atoms with Crippen molar-refractivity contribution >= 4 is 11.5 Å². The second-order valence-electron chi connectivity index (χ2n) is 4.90. The van der Waals surface area contributed by atoms with Crippen molar-refractivity contribution < 1.29 is 0 Å². The average molecular weight is 247 g/mol. The molecule has 1 atom stereocenters. The molecular weight excluding hydrogens is 226 g/mol. The first-order valence-electron chi connectivity index (χ1n) is 6.32. The summed E-state index contributed by atoms with van der Waals surface area (Å²) in [6.45, 7) is 5.20. The van der Waals surface area contributed by atoms with Gasteiger partial charge in [-0.25, -0.2) is 4.98 Å². The number of hydrogen-bond donors (Lipinski definition) is 1. The normalized spacial score (nSPS) is 13.2. The van der Waals surface area contributed by atoms with Crippen LogP contribution in [0.4, 0.5) is 5.82 Å². The fourth-order valence-electron chi connectivity index (χ4n) is 2.07. The van der Waals surface area contributed by atoms with Crippen molar-refractivity contribution in [1.82, 2.24) is 19.5 Å². The maximum Gasteiger partial charge on any atom is 0.157 e. The first-order valence-corrected chi connectivity index (χ1v) is 6.32. The van der Waals surface area contributed by atoms with Gasteiger partial charge in [0.05, 0.1) is 6.20 Å². The van der Waals surface area contributed by atoms with Crippen molar-refractivity contribution in [2.24, 2.45) is 0 Å². The second kappa shape index (κ2) is 5.35. The summed E-state index contributed by atoms with van der Waals surface area (Å²) < 4.78 is 1.85. The molecule has 0 saturated carbocycles. The highest BCUT2D eigenvalue weighted by molar-refractivity contribution is 5.49. The van der Waals surface area contributed by atoms with Crippen LogP contribution in [-0.4, -0.2) is 46.2 Å². The van der Waals surface area contributed by atoms with Crippen LogP contribution >= 0.6 is 0 Å². The molecule has 0 aliphatic rings. The lowest BCUT2D eigenvalue weighted by molar-refractivity contribution is 0.378. The van der Waals surface area contributed by atoms with Gasteiger partial charge in [0, 0.05) is 30.4 Å². The van der Waals surface area contributed by atoms with E-state index in [4.69, 9.17) is 0 Å². The van der Waals surface area contributed by atoms with Gasteiger partial charge >= 0.3 is 0 Å². The van der Waals surface area contributed by atoms with Gasteiger partial charge in [-0.05, 0) is 27.4 Å². The highest BCUT2D eigenvalue weighted by atomic mass is 15.3. The van der Waals surface area contributed by atoms with Crippen LogP contribution in [0.5, 0.6) is 0 Å². The zero-order valence-corrected chi connectivity index (χ0v) is 11.5. The highest BCUT2D eigenvalue weighted by Crippen LogP contribution is 2.13. The Hall–Kier alpha value is -1.62. The summed E-state index contributed by atoms with van der Waals surface area (Å²) in [6.07, 6.45) is 2.85. The molecule has 2 aromatic rings. The monoisotopic (exact) mass is 247 g/mol. The molecule has 0 fully saturated rings. The van der Waals surface area contributed by atoms with E-state index in [-0.39, 0.29) is 0 Å². The maximum absolute atomic E-state index is 4.44. The summed E-state index contributed by atoms with van der Waals surface area (Å²) in [4.78, 5) is 6.63. The summed E-state index contributed by atoms with van der Waals surface area (Å²) in [5.41, 5.74) is 1.89. The number of nitrogens with zero attached hydrogens (tertiary/aromatic N) is 4. The van der Waals surface area contributed by atoms with Crippen molar-refractivity contribution in [2.75, 3.05) is 26.0 Å². The van der Waals surface area contributed by atoms with E-state index in [1.165, 1.54) is 0 Å². The van der Waals surface area contributed by atoms with Crippen molar-refractivity contribution in [3.8, 4) is 0 Å². The topological polar surface area (TPSA) is 45.5 Å². The molecule has 2 heterocycles. The van der Waals surface area contributed by atoms with Crippen LogP contribution in [-0.2, 0) is 0 Å². The minimum absolute atomic E-state index is 0.411. The fraction of sp³-hybridized carbons (Fsp3) is 0.538. The van der Waals surface area contributed by atoms with Crippen molar-refractivity contribution in [2.45, 2.75) is 26.3 Å². The molecular formula is C13H21N5. The first-order chi connectivity index (χ1) is 8.60. The number of hydrogen-bond acceptors (Lipinski definition) is 4. The Kier molecular flexibility index (Phi) is 3.81. The zero-order valence-electron chi connectivity index (χ0n) is 11.5. The minimum atomic E-state index is 0.411. The summed E-state index contributed by atoms with van der Waals surface area (Å²) >= 11 is 0. The minimum Gasteiger partial charge on any atom is -0.366 e. The van der Waals surface area contributed by atoms with E-state index < -0.39 is 0 Å². The van der Waals surface area contributed by atoms with E-state index in [2.05, 4.69) is 41.3 Å². The molecule has 0 bridgehead atoms. The van der Waals surface area contributed by atoms with Gasteiger partial charge in [-0.3, -0.25) is 0 Å². The van der Waals surface area contributed by atoms with Gasteiger partial charge in [-0.1, -0.05) is 6.92 Å². The van der Waals surface area contributed by atoms with Crippen molar-refractivity contribution in [3.05, 3.63) is 24.0 Å². The quantitative estimate of drug-likeness (QED) is 0.875. The molecule has 0 amide bonds. The standard InChI is InChI=1S/C13H21N5/c1-5-11(9-17(3)4)16-13-8-10(2)15-12-6-7-14-18(12)13/h6-8,11,16H,5,9H2,1-4H3/t11-/m0/s1. The van der Waals surface area contributed by atoms with Gasteiger partial charge in [0.15, 0.2) is 5.65 Å². The van der Waals surface area contributed by atoms with Gasteiger partial charge in [-0.15, -0.1) is 0 Å². The third kappa shape index (κ3) is 2.79. The SMILES string of the molecule is CC[C@@H](CN(C)C)Nc1cc(C)nc2ccnn12. The lowest BCUT2D eigenvalue weighted by Gasteiger charge is -2.22. The van der Waals surface area contributed by atoms with E-state index in [9.17, 15) is 0 Å². The van der Waals surface area contributed by atoms with Crippen LogP contribution in [0.25, 0.3) is 5.65 Å². The number of aryl methyl sites for hydroxylation is 1. The fourth-order valence-corrected chi connectivity index (χ4v) is 2.07. The van der Waals surface area contributed by atoms with Crippen molar-refractivity contribution in [3.63, 3.8) is 0 Å². The molecule has 5 nitrogen and oxygen atoms in total. The highest BCUT2D eigenvalue weighted by Gasteiger charge is 2.10. The molecule has 2 rings (SSSR count). The lowest BCUT2D eigenvalue weighted by Crippen LogP contribution is -2.32. The molecule has 98 valence electrons. The van der Waals surface area contributed by atoms with Gasteiger partial charge < -0.3 is 10.2 Å². The summed E-state index contributed by atoms with van der Waals surface area (Å²) in [5, 5.41) is 7.85. The van der Waals surface area contributed by atoms with Crippen LogP contribution in [0.1, 0.15) is 19.0 Å². The molecule has 0 aliphatic heterocycles. The Bertz CT molecular complexity index is 517. The molecule has 2 aromatic heterocycles. The number of likely N-dealkylation sites (N-methyl/N-ethyl adjacent to an activating group) is 1. The molecule has 0 aromatic carbocycles. The smallest absolute Gasteiger partial charge is 0.157 e. The Labute approximate surface area is 108 Å². The van der Waals surface area contributed by atoms with Crippen LogP contribution in [0.2, 0.25) is 0 Å². The van der Waals surface area contributed by atoms with E-state index in [1.807, 2.05) is 23.6 Å². The van der Waals surface area contributed by atoms with E-state index in [0.29, 0.717) is 6.04 Å². The van der Waals surface area contributed by atoms with E-state index >= 15 is 0 Å². The van der Waals surface area contributed by atoms with Crippen LogP contribution in [0, 0.1) is 6.92 Å².